The molecule has 0 unspecified atom stereocenters. The van der Waals surface area contributed by atoms with Crippen molar-refractivity contribution in [3.8, 4) is 34.0 Å². The zero-order chi connectivity index (χ0) is 25.9. The third kappa shape index (κ3) is 5.14. The number of amides is 1. The summed E-state index contributed by atoms with van der Waals surface area (Å²) in [5.74, 6) is -1.58. The van der Waals surface area contributed by atoms with Crippen LogP contribution in [-0.4, -0.2) is 21.7 Å². The summed E-state index contributed by atoms with van der Waals surface area (Å²) >= 11 is 0. The van der Waals surface area contributed by atoms with Gasteiger partial charge in [-0.2, -0.15) is 9.78 Å². The fourth-order valence-corrected chi connectivity index (χ4v) is 4.67. The summed E-state index contributed by atoms with van der Waals surface area (Å²) in [6, 6.07) is 18.8. The molecular formula is C29H25F2N3O3. The van der Waals surface area contributed by atoms with E-state index in [0.717, 1.165) is 25.7 Å². The molecule has 0 spiro atoms. The van der Waals surface area contributed by atoms with E-state index in [-0.39, 0.29) is 29.0 Å². The van der Waals surface area contributed by atoms with Crippen LogP contribution in [0.25, 0.3) is 28.1 Å². The van der Waals surface area contributed by atoms with Gasteiger partial charge < -0.3 is 10.1 Å². The Morgan fingerprint density at radius 3 is 2.38 bits per heavy atom. The third-order valence-electron chi connectivity index (χ3n) is 6.43. The average Bonchev–Trinajstić information content (AvgIpc) is 3.54. The van der Waals surface area contributed by atoms with Crippen molar-refractivity contribution < 1.29 is 23.1 Å². The number of esters is 1. The summed E-state index contributed by atoms with van der Waals surface area (Å²) in [7, 11) is 0. The summed E-state index contributed by atoms with van der Waals surface area (Å²) < 4.78 is 35.9. The van der Waals surface area contributed by atoms with Gasteiger partial charge in [0.05, 0.1) is 11.3 Å². The highest BCUT2D eigenvalue weighted by Crippen LogP contribution is 2.42. The Bertz CT molecular complexity index is 1460. The molecule has 1 aromatic heterocycles. The molecule has 1 fully saturated rings. The van der Waals surface area contributed by atoms with Crippen molar-refractivity contribution in [3.05, 3.63) is 84.4 Å². The van der Waals surface area contributed by atoms with Gasteiger partial charge in [-0.15, -0.1) is 0 Å². The number of carbonyl (C=O) groups excluding carboxylic acids is 2. The molecule has 4 aromatic rings. The molecular weight excluding hydrogens is 476 g/mol. The van der Waals surface area contributed by atoms with Crippen LogP contribution >= 0.6 is 0 Å². The fraction of sp³-hybridized carbons (Fsp3) is 0.207. The molecule has 0 saturated heterocycles. The molecule has 0 radical (unpaired) electrons. The zero-order valence-corrected chi connectivity index (χ0v) is 20.2. The lowest BCUT2D eigenvalue weighted by atomic mass is 10.0. The number of benzene rings is 3. The van der Waals surface area contributed by atoms with Crippen molar-refractivity contribution in [2.24, 2.45) is 5.92 Å². The van der Waals surface area contributed by atoms with Gasteiger partial charge in [0.25, 0.3) is 0 Å². The maximum Gasteiger partial charge on any atom is 0.309 e. The van der Waals surface area contributed by atoms with Crippen molar-refractivity contribution in [1.82, 2.24) is 9.78 Å². The number of nitrogens with zero attached hydrogens (tertiary/aromatic N) is 2. The first-order valence-corrected chi connectivity index (χ1v) is 12.1. The number of hydrogen-bond donors (Lipinski definition) is 1. The Morgan fingerprint density at radius 1 is 0.973 bits per heavy atom. The predicted molar refractivity (Wildman–Crippen MR) is 136 cm³/mol. The quantitative estimate of drug-likeness (QED) is 0.305. The predicted octanol–water partition coefficient (Wildman–Crippen LogP) is 6.54. The Labute approximate surface area is 212 Å². The summed E-state index contributed by atoms with van der Waals surface area (Å²) in [5, 5.41) is 7.52. The molecule has 37 heavy (non-hydrogen) atoms. The van der Waals surface area contributed by atoms with Crippen molar-refractivity contribution in [2.45, 2.75) is 32.6 Å². The van der Waals surface area contributed by atoms with Crippen LogP contribution in [0.15, 0.2) is 72.8 Å². The molecule has 1 aliphatic carbocycles. The van der Waals surface area contributed by atoms with Crippen LogP contribution in [-0.2, 0) is 9.59 Å². The first-order valence-electron chi connectivity index (χ1n) is 12.1. The van der Waals surface area contributed by atoms with E-state index in [4.69, 9.17) is 4.74 Å². The van der Waals surface area contributed by atoms with Gasteiger partial charge in [0.2, 0.25) is 11.8 Å². The first-order chi connectivity index (χ1) is 17.9. The van der Waals surface area contributed by atoms with Gasteiger partial charge in [0, 0.05) is 24.1 Å². The molecule has 6 nitrogen and oxygen atoms in total. The van der Waals surface area contributed by atoms with Crippen LogP contribution in [0, 0.1) is 17.6 Å². The minimum atomic E-state index is -0.612. The molecule has 8 heteroatoms. The van der Waals surface area contributed by atoms with Crippen molar-refractivity contribution >= 4 is 17.6 Å². The normalized spacial score (nSPS) is 13.5. The summed E-state index contributed by atoms with van der Waals surface area (Å²) in [5.41, 5.74) is 2.29. The van der Waals surface area contributed by atoms with E-state index < -0.39 is 17.6 Å². The standard InChI is InChI=1S/C29H25F2N3O3/c1-18(35)37-29-26(19-13-15-22(16-14-19)32-28(36)20-7-2-3-8-20)27(24-11-4-5-12-25(24)31)33-34(29)23-10-6-9-21(30)17-23/h4-6,9-17,20H,2-3,7-8H2,1H3,(H,32,36). The lowest BCUT2D eigenvalue weighted by Crippen LogP contribution is -2.20. The second kappa shape index (κ2) is 10.3. The largest absolute Gasteiger partial charge is 0.407 e. The SMILES string of the molecule is CC(=O)Oc1c(-c2ccc(NC(=O)C3CCCC3)cc2)c(-c2ccccc2F)nn1-c1cccc(F)c1. The summed E-state index contributed by atoms with van der Waals surface area (Å²) in [6.45, 7) is 1.25. The second-order valence-electron chi connectivity index (χ2n) is 9.04. The number of ether oxygens (including phenoxy) is 1. The van der Waals surface area contributed by atoms with E-state index in [1.54, 1.807) is 48.5 Å². The van der Waals surface area contributed by atoms with Crippen molar-refractivity contribution in [2.75, 3.05) is 5.32 Å². The molecule has 1 heterocycles. The first kappa shape index (κ1) is 24.4. The Balaban J connectivity index is 1.63. The zero-order valence-electron chi connectivity index (χ0n) is 20.2. The monoisotopic (exact) mass is 501 g/mol. The number of anilines is 1. The van der Waals surface area contributed by atoms with E-state index in [9.17, 15) is 18.4 Å². The van der Waals surface area contributed by atoms with E-state index in [1.165, 1.54) is 35.9 Å². The van der Waals surface area contributed by atoms with Gasteiger partial charge in [-0.1, -0.05) is 43.2 Å². The number of halogens is 2. The Hall–Kier alpha value is -4.33. The van der Waals surface area contributed by atoms with Crippen LogP contribution in [0.5, 0.6) is 5.88 Å². The van der Waals surface area contributed by atoms with Crippen LogP contribution in [0.3, 0.4) is 0 Å². The van der Waals surface area contributed by atoms with Gasteiger partial charge >= 0.3 is 5.97 Å². The second-order valence-corrected chi connectivity index (χ2v) is 9.04. The maximum atomic E-state index is 14.9. The molecule has 188 valence electrons. The van der Waals surface area contributed by atoms with Crippen molar-refractivity contribution in [3.63, 3.8) is 0 Å². The minimum Gasteiger partial charge on any atom is -0.407 e. The maximum absolute atomic E-state index is 14.9. The number of carbonyl (C=O) groups is 2. The van der Waals surface area contributed by atoms with Gasteiger partial charge in [-0.25, -0.2) is 8.78 Å². The summed E-state index contributed by atoms with van der Waals surface area (Å²) in [6.07, 6.45) is 3.90. The fourth-order valence-electron chi connectivity index (χ4n) is 4.67. The minimum absolute atomic E-state index is 0.00294. The number of nitrogens with one attached hydrogen (secondary N) is 1. The molecule has 3 aromatic carbocycles. The van der Waals surface area contributed by atoms with Gasteiger partial charge in [-0.05, 0) is 60.9 Å². The topological polar surface area (TPSA) is 73.2 Å². The number of rotatable bonds is 6. The van der Waals surface area contributed by atoms with Gasteiger partial charge in [-0.3, -0.25) is 9.59 Å². The Kier molecular flexibility index (Phi) is 6.81. The van der Waals surface area contributed by atoms with Crippen LogP contribution in [0.2, 0.25) is 0 Å². The van der Waals surface area contributed by atoms with E-state index >= 15 is 0 Å². The number of hydrogen-bond acceptors (Lipinski definition) is 4. The van der Waals surface area contributed by atoms with Crippen LogP contribution in [0.1, 0.15) is 32.6 Å². The van der Waals surface area contributed by atoms with Crippen LogP contribution < -0.4 is 10.1 Å². The third-order valence-corrected chi connectivity index (χ3v) is 6.43. The Morgan fingerprint density at radius 2 is 1.70 bits per heavy atom. The molecule has 1 aliphatic rings. The molecule has 1 saturated carbocycles. The van der Waals surface area contributed by atoms with E-state index in [1.807, 2.05) is 0 Å². The molecule has 0 atom stereocenters. The summed E-state index contributed by atoms with van der Waals surface area (Å²) in [4.78, 5) is 24.7. The van der Waals surface area contributed by atoms with E-state index in [0.29, 0.717) is 22.5 Å². The highest BCUT2D eigenvalue weighted by molar-refractivity contribution is 5.93. The molecule has 5 rings (SSSR count). The highest BCUT2D eigenvalue weighted by Gasteiger charge is 2.27. The molecule has 1 N–H and O–H groups in total. The molecule has 0 aliphatic heterocycles. The van der Waals surface area contributed by atoms with E-state index in [2.05, 4.69) is 10.4 Å². The van der Waals surface area contributed by atoms with Crippen LogP contribution in [0.4, 0.5) is 14.5 Å². The number of aromatic nitrogens is 2. The van der Waals surface area contributed by atoms with Gasteiger partial charge in [0.1, 0.15) is 17.3 Å². The lowest BCUT2D eigenvalue weighted by molar-refractivity contribution is -0.132. The molecule has 1 amide bonds. The lowest BCUT2D eigenvalue weighted by Gasteiger charge is -2.12. The average molecular weight is 502 g/mol. The van der Waals surface area contributed by atoms with Gasteiger partial charge in [0.15, 0.2) is 0 Å². The molecule has 0 bridgehead atoms. The highest BCUT2D eigenvalue weighted by atomic mass is 19.1. The smallest absolute Gasteiger partial charge is 0.309 e. The van der Waals surface area contributed by atoms with Crippen molar-refractivity contribution in [1.29, 1.82) is 0 Å².